The van der Waals surface area contributed by atoms with Crippen LogP contribution in [0.3, 0.4) is 0 Å². The highest BCUT2D eigenvalue weighted by Crippen LogP contribution is 2.24. The fourth-order valence-corrected chi connectivity index (χ4v) is 1.05. The van der Waals surface area contributed by atoms with Crippen molar-refractivity contribution in [2.45, 2.75) is 12.8 Å². The van der Waals surface area contributed by atoms with E-state index in [1.165, 1.54) is 4.98 Å². The van der Waals surface area contributed by atoms with Gasteiger partial charge in [0.05, 0.1) is 5.69 Å². The van der Waals surface area contributed by atoms with Gasteiger partial charge in [-0.05, 0) is 0 Å². The number of aromatic carboxylic acids is 1. The summed E-state index contributed by atoms with van der Waals surface area (Å²) in [7, 11) is 0. The van der Waals surface area contributed by atoms with Crippen LogP contribution in [0, 0.1) is 0 Å². The average molecular weight is 273 g/mol. The molecule has 0 saturated heterocycles. The summed E-state index contributed by atoms with van der Waals surface area (Å²) in [6.45, 7) is 0. The summed E-state index contributed by atoms with van der Waals surface area (Å²) in [4.78, 5) is 23.2. The third-order valence-corrected chi connectivity index (χ3v) is 1.67. The van der Waals surface area contributed by atoms with Gasteiger partial charge in [0.15, 0.2) is 5.69 Å². The number of aromatic amines is 1. The molecule has 5 nitrogen and oxygen atoms in total. The fourth-order valence-electron chi connectivity index (χ4n) is 1.05. The normalized spacial score (nSPS) is 11.7. The lowest BCUT2D eigenvalue weighted by Gasteiger charge is -2.11. The van der Waals surface area contributed by atoms with Crippen molar-refractivity contribution in [3.05, 3.63) is 27.7 Å². The first kappa shape index (κ1) is 13.9. The molecule has 0 aliphatic rings. The number of halogens is 5. The number of alkyl halides is 5. The van der Waals surface area contributed by atoms with Crippen LogP contribution in [-0.4, -0.2) is 22.4 Å². The maximum absolute atomic E-state index is 12.2. The first-order chi connectivity index (χ1) is 8.11. The largest absolute Gasteiger partial charge is 0.573 e. The summed E-state index contributed by atoms with van der Waals surface area (Å²) < 4.78 is 63.4. The van der Waals surface area contributed by atoms with Gasteiger partial charge in [-0.2, -0.15) is 0 Å². The van der Waals surface area contributed by atoms with Crippen molar-refractivity contribution < 1.29 is 36.6 Å². The Kier molecular flexibility index (Phi) is 3.58. The summed E-state index contributed by atoms with van der Waals surface area (Å²) in [6.07, 6.45) is -8.56. The SMILES string of the molecule is O=C(O)c1[nH]c(C(F)F)cc(=O)c1OC(F)(F)F. The Balaban J connectivity index is 3.42. The van der Waals surface area contributed by atoms with E-state index in [4.69, 9.17) is 5.11 Å². The van der Waals surface area contributed by atoms with E-state index in [0.717, 1.165) is 0 Å². The predicted molar refractivity (Wildman–Crippen MR) is 45.7 cm³/mol. The molecule has 1 heterocycles. The quantitative estimate of drug-likeness (QED) is 0.824. The van der Waals surface area contributed by atoms with Gasteiger partial charge in [0, 0.05) is 6.07 Å². The minimum Gasteiger partial charge on any atom is -0.476 e. The van der Waals surface area contributed by atoms with Crippen LogP contribution in [-0.2, 0) is 0 Å². The molecule has 0 fully saturated rings. The molecule has 0 aromatic carbocycles. The topological polar surface area (TPSA) is 79.4 Å². The van der Waals surface area contributed by atoms with Gasteiger partial charge in [-0.3, -0.25) is 4.79 Å². The van der Waals surface area contributed by atoms with Crippen molar-refractivity contribution in [1.82, 2.24) is 4.98 Å². The minimum absolute atomic E-state index is 0.137. The molecule has 0 saturated carbocycles. The van der Waals surface area contributed by atoms with Crippen LogP contribution in [0.4, 0.5) is 22.0 Å². The Bertz CT molecular complexity index is 521. The van der Waals surface area contributed by atoms with Gasteiger partial charge in [0.1, 0.15) is 0 Å². The van der Waals surface area contributed by atoms with Crippen LogP contribution in [0.2, 0.25) is 0 Å². The zero-order valence-corrected chi connectivity index (χ0v) is 8.22. The second kappa shape index (κ2) is 4.63. The van der Waals surface area contributed by atoms with E-state index in [-0.39, 0.29) is 6.07 Å². The second-order valence-corrected chi connectivity index (χ2v) is 2.95. The van der Waals surface area contributed by atoms with Crippen molar-refractivity contribution in [2.24, 2.45) is 0 Å². The number of carbonyl (C=O) groups is 1. The molecular formula is C8H4F5NO4. The number of hydrogen-bond donors (Lipinski definition) is 2. The van der Waals surface area contributed by atoms with E-state index in [0.29, 0.717) is 0 Å². The van der Waals surface area contributed by atoms with Crippen LogP contribution < -0.4 is 10.2 Å². The molecule has 0 bridgehead atoms. The number of rotatable bonds is 3. The molecule has 100 valence electrons. The number of nitrogens with one attached hydrogen (secondary N) is 1. The molecule has 1 aromatic rings. The lowest BCUT2D eigenvalue weighted by molar-refractivity contribution is -0.275. The number of carboxylic acid groups (broad SMARTS) is 1. The Morgan fingerprint density at radius 1 is 1.39 bits per heavy atom. The molecule has 10 heteroatoms. The van der Waals surface area contributed by atoms with E-state index >= 15 is 0 Å². The van der Waals surface area contributed by atoms with Gasteiger partial charge in [0.25, 0.3) is 6.43 Å². The number of hydrogen-bond acceptors (Lipinski definition) is 3. The maximum atomic E-state index is 12.2. The lowest BCUT2D eigenvalue weighted by Crippen LogP contribution is -2.25. The van der Waals surface area contributed by atoms with Gasteiger partial charge in [-0.15, -0.1) is 13.2 Å². The molecule has 0 unspecified atom stereocenters. The van der Waals surface area contributed by atoms with Crippen molar-refractivity contribution in [2.75, 3.05) is 0 Å². The van der Waals surface area contributed by atoms with Crippen LogP contribution in [0.25, 0.3) is 0 Å². The monoisotopic (exact) mass is 273 g/mol. The van der Waals surface area contributed by atoms with Crippen molar-refractivity contribution in [3.63, 3.8) is 0 Å². The van der Waals surface area contributed by atoms with Gasteiger partial charge in [0.2, 0.25) is 11.2 Å². The molecule has 1 aromatic heterocycles. The standard InChI is InChI=1S/C8H4F5NO4/c9-6(10)2-1-3(15)5(18-8(11,12)13)4(14-2)7(16)17/h1,6H,(H,14,15)(H,16,17). The summed E-state index contributed by atoms with van der Waals surface area (Å²) in [5, 5.41) is 8.53. The molecule has 2 N–H and O–H groups in total. The molecule has 0 atom stereocenters. The Morgan fingerprint density at radius 3 is 2.33 bits per heavy atom. The summed E-state index contributed by atoms with van der Waals surface area (Å²) >= 11 is 0. The van der Waals surface area contributed by atoms with Gasteiger partial charge < -0.3 is 14.8 Å². The molecule has 0 aliphatic carbocycles. The molecule has 1 rings (SSSR count). The fraction of sp³-hybridized carbons (Fsp3) is 0.250. The number of ether oxygens (including phenoxy) is 1. The van der Waals surface area contributed by atoms with E-state index in [1.807, 2.05) is 0 Å². The zero-order chi connectivity index (χ0) is 14.1. The van der Waals surface area contributed by atoms with E-state index in [1.54, 1.807) is 0 Å². The molecular weight excluding hydrogens is 269 g/mol. The highest BCUT2D eigenvalue weighted by atomic mass is 19.4. The highest BCUT2D eigenvalue weighted by molar-refractivity contribution is 5.88. The summed E-state index contributed by atoms with van der Waals surface area (Å²) in [5.41, 5.74) is -4.12. The Labute approximate surface area is 94.8 Å². The Morgan fingerprint density at radius 2 is 1.94 bits per heavy atom. The lowest BCUT2D eigenvalue weighted by atomic mass is 10.2. The Hall–Kier alpha value is -2.13. The van der Waals surface area contributed by atoms with Gasteiger partial charge in [-0.25, -0.2) is 13.6 Å². The highest BCUT2D eigenvalue weighted by Gasteiger charge is 2.35. The van der Waals surface area contributed by atoms with E-state index < -0.39 is 41.3 Å². The van der Waals surface area contributed by atoms with Crippen molar-refractivity contribution in [3.8, 4) is 5.75 Å². The van der Waals surface area contributed by atoms with Gasteiger partial charge in [-0.1, -0.05) is 0 Å². The van der Waals surface area contributed by atoms with Crippen LogP contribution in [0.5, 0.6) is 5.75 Å². The summed E-state index contributed by atoms with van der Waals surface area (Å²) in [5.74, 6) is -3.63. The molecule has 0 amide bonds. The second-order valence-electron chi connectivity index (χ2n) is 2.95. The first-order valence-corrected chi connectivity index (χ1v) is 4.16. The average Bonchev–Trinajstić information content (AvgIpc) is 2.18. The van der Waals surface area contributed by atoms with Crippen LogP contribution in [0.1, 0.15) is 22.6 Å². The number of H-pyrrole nitrogens is 1. The third-order valence-electron chi connectivity index (χ3n) is 1.67. The summed E-state index contributed by atoms with van der Waals surface area (Å²) in [6, 6.07) is 0.137. The smallest absolute Gasteiger partial charge is 0.476 e. The van der Waals surface area contributed by atoms with Crippen molar-refractivity contribution >= 4 is 5.97 Å². The first-order valence-electron chi connectivity index (χ1n) is 4.16. The van der Waals surface area contributed by atoms with E-state index in [2.05, 4.69) is 4.74 Å². The molecule has 0 radical (unpaired) electrons. The predicted octanol–water partition coefficient (Wildman–Crippen LogP) is 1.91. The number of aromatic nitrogens is 1. The van der Waals surface area contributed by atoms with E-state index in [9.17, 15) is 31.5 Å². The molecule has 0 aliphatic heterocycles. The zero-order valence-electron chi connectivity index (χ0n) is 8.22. The van der Waals surface area contributed by atoms with Crippen LogP contribution in [0.15, 0.2) is 10.9 Å². The molecule has 0 spiro atoms. The third kappa shape index (κ3) is 3.18. The number of pyridine rings is 1. The van der Waals surface area contributed by atoms with Gasteiger partial charge >= 0.3 is 12.3 Å². The maximum Gasteiger partial charge on any atom is 0.573 e. The molecule has 18 heavy (non-hydrogen) atoms. The van der Waals surface area contributed by atoms with Crippen molar-refractivity contribution in [1.29, 1.82) is 0 Å². The minimum atomic E-state index is -5.32. The number of carboxylic acids is 1. The van der Waals surface area contributed by atoms with Crippen LogP contribution >= 0.6 is 0 Å².